The Labute approximate surface area is 754 Å². The topological polar surface area (TPSA) is 652 Å². The predicted octanol–water partition coefficient (Wildman–Crippen LogP) is 11.0. The number of pyridine rings is 2. The molecule has 15 N–H and O–H groups in total. The van der Waals surface area contributed by atoms with Gasteiger partial charge in [0.05, 0.1) is 102 Å². The minimum absolute atomic E-state index is 0. The number of hydrogen-bond donors (Lipinski definition) is 15. The molecule has 12 aromatic rings. The molecule has 0 fully saturated rings. The molecule has 3 aromatic carbocycles. The Balaban J connectivity index is 0.000000300. The fraction of sp³-hybridized carbons (Fsp3) is 0.145. The van der Waals surface area contributed by atoms with Crippen molar-refractivity contribution in [2.24, 2.45) is 0 Å². The zero-order valence-corrected chi connectivity index (χ0v) is 70.2. The monoisotopic (exact) mass is 1940 g/mol. The standard InChI is InChI=1S/C21H19Cl3N4O6S.C17H13ClN4O7S2.2C17H12N4O7S.4CH4/c1-28(2)9-10-34-21(31)17-18(29)20(30)26-19(25-17)11-5-3-4-6-13(11)27-35(32,33)14-8-7-12(22)15(23)16(14)24;1-29-16(25)12-13(23)15(24)21-14(20-12)8-6-30-7-10(8)19-17(26)22-31(27,28)11-5-3-2-4-9(11)18;1-28-17(27)10-11(22)15(24)21-13(20-10)12-9(3-5-29-12)19-14(23)8-6-18-4-2-7(8)16(25)26;1-28-17(27)10-11(22)15(24)21-13(20-10)12-9(3-5-29-12)19-14(23)7-2-4-18-6-8(7)16(25)26;;;;/h3-8,27,29H,9-10H2,1-2H3,(H,25,26,30);2-7,23H,1H3,(H2,19,22,26)(H,20,21,24);2*2-6,22H,1H3,(H,19,23)(H,25,26)(H,20,21,24);4*1H4. The first-order valence-corrected chi connectivity index (χ1v) is 40.8. The van der Waals surface area contributed by atoms with Gasteiger partial charge in [-0.15, -0.1) is 34.0 Å². The molecular weight excluding hydrogens is 1870 g/mol. The third-order valence-corrected chi connectivity index (χ3v) is 23.0. The zero-order chi connectivity index (χ0) is 90.9. The lowest BCUT2D eigenvalue weighted by molar-refractivity contribution is 0.0468. The summed E-state index contributed by atoms with van der Waals surface area (Å²) in [5, 5.41) is 70.8. The van der Waals surface area contributed by atoms with Gasteiger partial charge in [0.25, 0.3) is 54.1 Å². The van der Waals surface area contributed by atoms with Crippen molar-refractivity contribution >= 4 is 177 Å². The maximum atomic E-state index is 13.0. The number of aromatic amines is 4. The number of esters is 4. The van der Waals surface area contributed by atoms with E-state index in [1.54, 1.807) is 35.8 Å². The van der Waals surface area contributed by atoms with Gasteiger partial charge in [-0.1, -0.05) is 100 Å². The van der Waals surface area contributed by atoms with Crippen molar-refractivity contribution in [2.45, 2.75) is 39.5 Å². The van der Waals surface area contributed by atoms with E-state index in [4.69, 9.17) is 51.1 Å². The number of halogens is 4. The molecule has 9 aromatic heterocycles. The molecule has 0 saturated carbocycles. The largest absolute Gasteiger partial charge is 0.501 e. The van der Waals surface area contributed by atoms with E-state index in [0.29, 0.717) is 6.54 Å². The summed E-state index contributed by atoms with van der Waals surface area (Å²) >= 11 is 27.1. The molecule has 4 amide bonds. The smallest absolute Gasteiger partial charge is 0.361 e. The van der Waals surface area contributed by atoms with Crippen molar-refractivity contribution in [3.05, 3.63) is 238 Å². The van der Waals surface area contributed by atoms with Crippen LogP contribution in [0.4, 0.5) is 27.5 Å². The van der Waals surface area contributed by atoms with Crippen molar-refractivity contribution in [3.63, 3.8) is 0 Å². The van der Waals surface area contributed by atoms with Crippen LogP contribution in [-0.2, 0) is 39.0 Å². The Morgan fingerprint density at radius 3 is 1.38 bits per heavy atom. The van der Waals surface area contributed by atoms with E-state index in [0.717, 1.165) is 67.7 Å². The third-order valence-electron chi connectivity index (χ3n) is 15.8. The molecule has 43 nitrogen and oxygen atoms in total. The minimum Gasteiger partial charge on any atom is -0.501 e. The number of hydrogen-bond acceptors (Lipinski definition) is 35. The summed E-state index contributed by atoms with van der Waals surface area (Å²) in [4.78, 5) is 190. The lowest BCUT2D eigenvalue weighted by atomic mass is 10.1. The van der Waals surface area contributed by atoms with Crippen molar-refractivity contribution in [2.75, 3.05) is 69.2 Å². The molecule has 0 saturated heterocycles. The quantitative estimate of drug-likeness (QED) is 0.0161. The number of benzene rings is 3. The molecule has 0 aliphatic carbocycles. The van der Waals surface area contributed by atoms with Gasteiger partial charge in [0.1, 0.15) is 28.0 Å². The number of para-hydroxylation sites is 1. The molecule has 0 atom stereocenters. The molecule has 0 bridgehead atoms. The number of carboxylic acids is 2. The van der Waals surface area contributed by atoms with Gasteiger partial charge in [0.2, 0.25) is 23.0 Å². The fourth-order valence-corrected chi connectivity index (χ4v) is 15.8. The summed E-state index contributed by atoms with van der Waals surface area (Å²) in [7, 11) is -1.80. The van der Waals surface area contributed by atoms with E-state index >= 15 is 0 Å². The van der Waals surface area contributed by atoms with Crippen LogP contribution >= 0.6 is 80.4 Å². The first-order valence-electron chi connectivity index (χ1n) is 33.7. The number of amides is 4. The molecule has 0 aliphatic rings. The van der Waals surface area contributed by atoms with E-state index in [9.17, 15) is 110 Å². The van der Waals surface area contributed by atoms with Crippen LogP contribution in [0.3, 0.4) is 0 Å². The molecule has 12 rings (SSSR count). The number of carbonyl (C=O) groups is 9. The Kier molecular flexibility index (Phi) is 37.0. The first kappa shape index (κ1) is 104. The summed E-state index contributed by atoms with van der Waals surface area (Å²) in [6.45, 7) is 0.403. The van der Waals surface area contributed by atoms with Crippen LogP contribution in [0.5, 0.6) is 23.0 Å². The maximum Gasteiger partial charge on any atom is 0.361 e. The Morgan fingerprint density at radius 1 is 0.461 bits per heavy atom. The van der Waals surface area contributed by atoms with Gasteiger partial charge in [-0.25, -0.2) is 75.1 Å². The van der Waals surface area contributed by atoms with Gasteiger partial charge in [0.15, 0.2) is 34.4 Å². The van der Waals surface area contributed by atoms with Crippen LogP contribution in [0.25, 0.3) is 44.2 Å². The van der Waals surface area contributed by atoms with Crippen LogP contribution < -0.4 is 47.6 Å². The molecule has 0 radical (unpaired) electrons. The van der Waals surface area contributed by atoms with E-state index in [-0.39, 0.29) is 155 Å². The molecule has 0 aliphatic heterocycles. The lowest BCUT2D eigenvalue weighted by Crippen LogP contribution is -2.34. The second kappa shape index (κ2) is 45.5. The highest BCUT2D eigenvalue weighted by molar-refractivity contribution is 7.93. The average molecular weight is 1940 g/mol. The average Bonchev–Trinajstić information content (AvgIpc) is 0.892. The van der Waals surface area contributed by atoms with Crippen LogP contribution in [0.15, 0.2) is 160 Å². The summed E-state index contributed by atoms with van der Waals surface area (Å²) < 4.78 is 73.5. The van der Waals surface area contributed by atoms with E-state index in [1.165, 1.54) is 102 Å². The molecule has 128 heavy (non-hydrogen) atoms. The summed E-state index contributed by atoms with van der Waals surface area (Å²) in [5.41, 5.74) is -6.42. The second-order valence-electron chi connectivity index (χ2n) is 24.1. The van der Waals surface area contributed by atoms with Gasteiger partial charge in [-0.3, -0.25) is 43.5 Å². The van der Waals surface area contributed by atoms with Crippen molar-refractivity contribution in [1.82, 2.24) is 59.5 Å². The van der Waals surface area contributed by atoms with E-state index in [1.807, 2.05) is 4.72 Å². The summed E-state index contributed by atoms with van der Waals surface area (Å²) in [5.74, 6) is -12.4. The second-order valence-corrected chi connectivity index (χ2v) is 31.5. The number of H-pyrrole nitrogens is 4. The number of nitrogens with zero attached hydrogens (tertiary/aromatic N) is 7. The molecule has 9 heterocycles. The number of nitrogens with one attached hydrogen (secondary N) is 9. The molecular formula is C76H72Cl4N16O27S5. The fourth-order valence-electron chi connectivity index (χ4n) is 9.93. The number of carboxylic acid groups (broad SMARTS) is 2. The number of thiophene rings is 3. The van der Waals surface area contributed by atoms with E-state index < -0.39 is 142 Å². The highest BCUT2D eigenvalue weighted by atomic mass is 35.5. The molecule has 52 heteroatoms. The number of sulfonamides is 2. The maximum absolute atomic E-state index is 13.0. The Hall–Kier alpha value is -14.4. The van der Waals surface area contributed by atoms with Gasteiger partial charge < -0.3 is 90.4 Å². The van der Waals surface area contributed by atoms with Crippen LogP contribution in [0, 0.1) is 0 Å². The van der Waals surface area contributed by atoms with Crippen LogP contribution in [0.2, 0.25) is 20.1 Å². The number of carbonyl (C=O) groups excluding carboxylic acids is 7. The number of rotatable bonds is 23. The van der Waals surface area contributed by atoms with Crippen LogP contribution in [0.1, 0.15) is 113 Å². The molecule has 0 spiro atoms. The van der Waals surface area contributed by atoms with Crippen molar-refractivity contribution in [1.29, 1.82) is 0 Å². The normalized spacial score (nSPS) is 10.5. The lowest BCUT2D eigenvalue weighted by Gasteiger charge is -2.14. The number of methoxy groups -OCH3 is 3. The third kappa shape index (κ3) is 24.8. The number of aromatic hydroxyl groups is 4. The van der Waals surface area contributed by atoms with Gasteiger partial charge in [0, 0.05) is 47.7 Å². The summed E-state index contributed by atoms with van der Waals surface area (Å²) in [6.07, 6.45) is 4.68. The van der Waals surface area contributed by atoms with Gasteiger partial charge in [-0.2, -0.15) is 0 Å². The van der Waals surface area contributed by atoms with Crippen LogP contribution in [-0.4, -0.2) is 204 Å². The Morgan fingerprint density at radius 2 is 0.898 bits per heavy atom. The molecule has 0 unspecified atom stereocenters. The predicted molar refractivity (Wildman–Crippen MR) is 473 cm³/mol. The number of ether oxygens (including phenoxy) is 4. The highest BCUT2D eigenvalue weighted by Gasteiger charge is 2.30. The van der Waals surface area contributed by atoms with Crippen molar-refractivity contribution in [3.8, 4) is 67.2 Å². The SMILES string of the molecule is C.C.C.C.CN(C)CCOC(=O)c1nc(-c2ccccc2NS(=O)(=O)c2ccc(Cl)c(Cl)c2Cl)[nH]c(=O)c1O.COC(=O)c1nc(-c2cscc2NC(=O)NS(=O)(=O)c2ccccc2Cl)[nH]c(=O)c1O.COC(=O)c1nc(-c2sccc2NC(=O)c2ccncc2C(=O)O)[nH]c(=O)c1O.COC(=O)c1nc(-c2sccc2NC(=O)c2cnccc2C(=O)O)[nH]c(=O)c1O. The number of likely N-dealkylation sites (N-methyl/N-ethyl adjacent to an activating group) is 1. The van der Waals surface area contributed by atoms with Gasteiger partial charge >= 0.3 is 41.8 Å². The number of aromatic carboxylic acids is 2. The van der Waals surface area contributed by atoms with Gasteiger partial charge in [-0.05, 0) is 85.5 Å². The summed E-state index contributed by atoms with van der Waals surface area (Å²) in [6, 6.07) is 18.3. The van der Waals surface area contributed by atoms with Crippen molar-refractivity contribution < 1.29 is 110 Å². The number of aromatic nitrogens is 10. The first-order chi connectivity index (χ1) is 58.7. The Bertz CT molecular complexity index is 6560. The highest BCUT2D eigenvalue weighted by Crippen LogP contribution is 2.39. The molecule has 676 valence electrons. The van der Waals surface area contributed by atoms with E-state index in [2.05, 4.69) is 84.7 Å². The minimum atomic E-state index is -4.27. The number of urea groups is 1. The number of anilines is 4. The zero-order valence-electron chi connectivity index (χ0n) is 63.1.